The van der Waals surface area contributed by atoms with E-state index >= 15 is 0 Å². The molecule has 1 atom stereocenters. The van der Waals surface area contributed by atoms with Crippen LogP contribution >= 0.6 is 0 Å². The molecule has 0 aromatic carbocycles. The molecule has 0 aromatic rings. The number of carboxylic acid groups (broad SMARTS) is 1. The van der Waals surface area contributed by atoms with Crippen LogP contribution in [0.4, 0.5) is 0 Å². The molecule has 0 saturated carbocycles. The van der Waals surface area contributed by atoms with Crippen molar-refractivity contribution in [1.82, 2.24) is 0 Å². The summed E-state index contributed by atoms with van der Waals surface area (Å²) in [7, 11) is 0. The first-order chi connectivity index (χ1) is 6.20. The molecule has 0 radical (unpaired) electrons. The van der Waals surface area contributed by atoms with Crippen LogP contribution in [0.5, 0.6) is 0 Å². The van der Waals surface area contributed by atoms with E-state index in [-0.39, 0.29) is 0 Å². The van der Waals surface area contributed by atoms with Crippen LogP contribution in [0.2, 0.25) is 0 Å². The minimum absolute atomic E-state index is 0.359. The van der Waals surface area contributed by atoms with E-state index in [1.807, 2.05) is 0 Å². The zero-order valence-electron chi connectivity index (χ0n) is 8.88. The molecule has 0 amide bonds. The van der Waals surface area contributed by atoms with Gasteiger partial charge in [0, 0.05) is 6.42 Å². The Morgan fingerprint density at radius 2 is 1.85 bits per heavy atom. The summed E-state index contributed by atoms with van der Waals surface area (Å²) in [4.78, 5) is 10.5. The third-order valence-electron chi connectivity index (χ3n) is 2.38. The smallest absolute Gasteiger partial charge is 0.303 e. The highest BCUT2D eigenvalue weighted by Gasteiger charge is 2.11. The van der Waals surface area contributed by atoms with Gasteiger partial charge in [-0.05, 0) is 12.3 Å². The lowest BCUT2D eigenvalue weighted by Crippen LogP contribution is -2.07. The first-order valence-corrected chi connectivity index (χ1v) is 5.42. The van der Waals surface area contributed by atoms with Gasteiger partial charge in [0.1, 0.15) is 0 Å². The molecule has 0 aromatic heterocycles. The van der Waals surface area contributed by atoms with Crippen molar-refractivity contribution in [2.45, 2.75) is 58.8 Å². The number of rotatable bonds is 8. The summed E-state index contributed by atoms with van der Waals surface area (Å²) in [5.41, 5.74) is 0. The third-order valence-corrected chi connectivity index (χ3v) is 2.38. The van der Waals surface area contributed by atoms with E-state index in [0.29, 0.717) is 12.3 Å². The molecular formula is C11H22O2. The first-order valence-electron chi connectivity index (χ1n) is 5.42. The maximum absolute atomic E-state index is 10.5. The Balaban J connectivity index is 3.59. The Morgan fingerprint density at radius 3 is 2.31 bits per heavy atom. The minimum atomic E-state index is -0.644. The Morgan fingerprint density at radius 1 is 1.15 bits per heavy atom. The molecule has 1 N–H and O–H groups in total. The monoisotopic (exact) mass is 186 g/mol. The normalized spacial score (nSPS) is 12.8. The van der Waals surface area contributed by atoms with Crippen molar-refractivity contribution >= 4 is 5.97 Å². The van der Waals surface area contributed by atoms with Crippen molar-refractivity contribution in [3.63, 3.8) is 0 Å². The zero-order valence-corrected chi connectivity index (χ0v) is 8.88. The van der Waals surface area contributed by atoms with Gasteiger partial charge in [0.15, 0.2) is 0 Å². The van der Waals surface area contributed by atoms with Gasteiger partial charge in [0.2, 0.25) is 0 Å². The maximum Gasteiger partial charge on any atom is 0.303 e. The van der Waals surface area contributed by atoms with E-state index in [1.165, 1.54) is 19.3 Å². The molecule has 0 heterocycles. The number of hydrogen-bond donors (Lipinski definition) is 1. The van der Waals surface area contributed by atoms with Crippen molar-refractivity contribution in [2.24, 2.45) is 5.92 Å². The predicted octanol–water partition coefficient (Wildman–Crippen LogP) is 3.46. The summed E-state index contributed by atoms with van der Waals surface area (Å²) in [6, 6.07) is 0. The van der Waals surface area contributed by atoms with Crippen LogP contribution < -0.4 is 0 Å². The van der Waals surface area contributed by atoms with Crippen molar-refractivity contribution in [3.05, 3.63) is 0 Å². The second-order valence-electron chi connectivity index (χ2n) is 3.75. The van der Waals surface area contributed by atoms with Gasteiger partial charge in [-0.1, -0.05) is 46.0 Å². The van der Waals surface area contributed by atoms with Gasteiger partial charge < -0.3 is 5.11 Å². The highest BCUT2D eigenvalue weighted by atomic mass is 16.4. The molecule has 2 nitrogen and oxygen atoms in total. The molecule has 0 rings (SSSR count). The second-order valence-corrected chi connectivity index (χ2v) is 3.75. The van der Waals surface area contributed by atoms with Gasteiger partial charge in [0.25, 0.3) is 0 Å². The lowest BCUT2D eigenvalue weighted by Gasteiger charge is -2.12. The molecule has 78 valence electrons. The number of carbonyl (C=O) groups is 1. The van der Waals surface area contributed by atoms with Crippen molar-refractivity contribution in [3.8, 4) is 0 Å². The van der Waals surface area contributed by atoms with Gasteiger partial charge in [-0.3, -0.25) is 4.79 Å². The van der Waals surface area contributed by atoms with E-state index in [2.05, 4.69) is 13.8 Å². The van der Waals surface area contributed by atoms with Crippen molar-refractivity contribution in [2.75, 3.05) is 0 Å². The van der Waals surface area contributed by atoms with Crippen LogP contribution in [-0.2, 0) is 4.79 Å². The van der Waals surface area contributed by atoms with Crippen LogP contribution in [0.3, 0.4) is 0 Å². The summed E-state index contributed by atoms with van der Waals surface area (Å²) >= 11 is 0. The van der Waals surface area contributed by atoms with Crippen LogP contribution in [0.25, 0.3) is 0 Å². The molecule has 0 aliphatic rings. The SMILES string of the molecule is CCCCCC(CCC)CC(=O)O. The van der Waals surface area contributed by atoms with Crippen molar-refractivity contribution in [1.29, 1.82) is 0 Å². The summed E-state index contributed by atoms with van der Waals surface area (Å²) < 4.78 is 0. The number of hydrogen-bond acceptors (Lipinski definition) is 1. The van der Waals surface area contributed by atoms with Crippen LogP contribution in [0, 0.1) is 5.92 Å². The number of carboxylic acids is 1. The summed E-state index contributed by atoms with van der Waals surface area (Å²) in [6.45, 7) is 4.29. The maximum atomic E-state index is 10.5. The molecule has 1 unspecified atom stereocenters. The lowest BCUT2D eigenvalue weighted by molar-refractivity contribution is -0.138. The molecule has 2 heteroatoms. The van der Waals surface area contributed by atoms with E-state index < -0.39 is 5.97 Å². The molecular weight excluding hydrogens is 164 g/mol. The molecule has 13 heavy (non-hydrogen) atoms. The second kappa shape index (κ2) is 8.09. The van der Waals surface area contributed by atoms with Gasteiger partial charge in [-0.2, -0.15) is 0 Å². The molecule has 0 fully saturated rings. The lowest BCUT2D eigenvalue weighted by atomic mass is 9.93. The molecule has 0 aliphatic heterocycles. The van der Waals surface area contributed by atoms with Crippen LogP contribution in [0.1, 0.15) is 58.8 Å². The highest BCUT2D eigenvalue weighted by molar-refractivity contribution is 5.66. The van der Waals surface area contributed by atoms with E-state index in [9.17, 15) is 4.79 Å². The van der Waals surface area contributed by atoms with Crippen LogP contribution in [-0.4, -0.2) is 11.1 Å². The summed E-state index contributed by atoms with van der Waals surface area (Å²) in [5, 5.41) is 8.67. The number of unbranched alkanes of at least 4 members (excludes halogenated alkanes) is 2. The molecule has 0 saturated heterocycles. The Kier molecular flexibility index (Phi) is 7.76. The van der Waals surface area contributed by atoms with Crippen molar-refractivity contribution < 1.29 is 9.90 Å². The van der Waals surface area contributed by atoms with Gasteiger partial charge in [0.05, 0.1) is 0 Å². The fourth-order valence-electron chi connectivity index (χ4n) is 1.69. The largest absolute Gasteiger partial charge is 0.481 e. The zero-order chi connectivity index (χ0) is 10.1. The van der Waals surface area contributed by atoms with E-state index in [4.69, 9.17) is 5.11 Å². The third kappa shape index (κ3) is 7.82. The average Bonchev–Trinajstić information content (AvgIpc) is 2.04. The Bertz CT molecular complexity index is 132. The molecule has 0 spiro atoms. The molecule has 0 aliphatic carbocycles. The fraction of sp³-hybridized carbons (Fsp3) is 0.909. The fourth-order valence-corrected chi connectivity index (χ4v) is 1.69. The first kappa shape index (κ1) is 12.5. The standard InChI is InChI=1S/C11H22O2/c1-3-5-6-8-10(7-4-2)9-11(12)13/h10H,3-9H2,1-2H3,(H,12,13). The van der Waals surface area contributed by atoms with Crippen LogP contribution in [0.15, 0.2) is 0 Å². The topological polar surface area (TPSA) is 37.3 Å². The summed E-state index contributed by atoms with van der Waals surface area (Å²) in [5.74, 6) is -0.232. The number of aliphatic carboxylic acids is 1. The van der Waals surface area contributed by atoms with E-state index in [1.54, 1.807) is 0 Å². The Labute approximate surface area is 81.3 Å². The average molecular weight is 186 g/mol. The summed E-state index contributed by atoms with van der Waals surface area (Å²) in [6.07, 6.45) is 7.26. The van der Waals surface area contributed by atoms with Gasteiger partial charge in [-0.25, -0.2) is 0 Å². The Hall–Kier alpha value is -0.530. The van der Waals surface area contributed by atoms with Gasteiger partial charge in [-0.15, -0.1) is 0 Å². The highest BCUT2D eigenvalue weighted by Crippen LogP contribution is 2.18. The minimum Gasteiger partial charge on any atom is -0.481 e. The quantitative estimate of drug-likeness (QED) is 0.589. The molecule has 0 bridgehead atoms. The van der Waals surface area contributed by atoms with E-state index in [0.717, 1.165) is 19.3 Å². The van der Waals surface area contributed by atoms with Gasteiger partial charge >= 0.3 is 5.97 Å². The predicted molar refractivity (Wildman–Crippen MR) is 54.8 cm³/mol.